The van der Waals surface area contributed by atoms with Crippen molar-refractivity contribution >= 4 is 23.5 Å². The summed E-state index contributed by atoms with van der Waals surface area (Å²) in [6, 6.07) is 5.85. The lowest BCUT2D eigenvalue weighted by atomic mass is 10.0. The average Bonchev–Trinajstić information content (AvgIpc) is 2.88. The third-order valence-corrected chi connectivity index (χ3v) is 5.55. The molecule has 152 valence electrons. The van der Waals surface area contributed by atoms with Crippen molar-refractivity contribution in [2.75, 3.05) is 11.4 Å². The summed E-state index contributed by atoms with van der Waals surface area (Å²) in [6.07, 6.45) is 0.957. The molecule has 1 aliphatic carbocycles. The molecule has 6 nitrogen and oxygen atoms in total. The van der Waals surface area contributed by atoms with Crippen molar-refractivity contribution in [1.82, 2.24) is 5.32 Å². The number of aryl methyl sites for hydroxylation is 1. The standard InChI is InChI=1S/C20H24F2N2O4/c21-20(22)11-10-14(19(27)28)8-9-16(20)23-17(25)12-24-15-6-2-1-4-13(15)5-3-7-18(24)26/h1-2,4,6,14,16H,3,5,7-12H2,(H,23,25)(H,27,28)/t14-,16-/m1/s1. The molecule has 2 atom stereocenters. The molecule has 3 rings (SSSR count). The summed E-state index contributed by atoms with van der Waals surface area (Å²) in [4.78, 5) is 37.4. The van der Waals surface area contributed by atoms with Gasteiger partial charge in [-0.25, -0.2) is 8.78 Å². The molecule has 28 heavy (non-hydrogen) atoms. The van der Waals surface area contributed by atoms with Crippen LogP contribution in [-0.4, -0.2) is 41.4 Å². The first-order valence-corrected chi connectivity index (χ1v) is 9.56. The number of nitrogens with one attached hydrogen (secondary N) is 1. The number of alkyl halides is 2. The molecule has 1 aliphatic heterocycles. The summed E-state index contributed by atoms with van der Waals surface area (Å²) in [5.41, 5.74) is 1.59. The summed E-state index contributed by atoms with van der Waals surface area (Å²) in [7, 11) is 0. The van der Waals surface area contributed by atoms with E-state index in [1.54, 1.807) is 12.1 Å². The van der Waals surface area contributed by atoms with E-state index in [9.17, 15) is 23.2 Å². The van der Waals surface area contributed by atoms with Gasteiger partial charge in [0.05, 0.1) is 12.0 Å². The number of rotatable bonds is 4. The zero-order valence-electron chi connectivity index (χ0n) is 15.5. The van der Waals surface area contributed by atoms with Gasteiger partial charge in [-0.15, -0.1) is 0 Å². The first-order chi connectivity index (χ1) is 13.3. The molecule has 1 aromatic rings. The first-order valence-electron chi connectivity index (χ1n) is 9.56. The van der Waals surface area contributed by atoms with E-state index in [1.165, 1.54) is 4.90 Å². The Morgan fingerprint density at radius 2 is 1.93 bits per heavy atom. The fourth-order valence-corrected chi connectivity index (χ4v) is 3.93. The molecule has 0 bridgehead atoms. The van der Waals surface area contributed by atoms with Gasteiger partial charge in [0.2, 0.25) is 11.8 Å². The topological polar surface area (TPSA) is 86.7 Å². The Labute approximate surface area is 161 Å². The van der Waals surface area contributed by atoms with Crippen LogP contribution in [0.3, 0.4) is 0 Å². The molecule has 0 spiro atoms. The van der Waals surface area contributed by atoms with Crippen molar-refractivity contribution in [2.24, 2.45) is 5.92 Å². The second-order valence-electron chi connectivity index (χ2n) is 7.49. The SMILES string of the molecule is O=C(CN1C(=O)CCCc2ccccc21)N[C@@H]1CC[C@@H](C(=O)O)CCC1(F)F. The van der Waals surface area contributed by atoms with E-state index in [-0.39, 0.29) is 31.7 Å². The number of carboxylic acid groups (broad SMARTS) is 1. The maximum absolute atomic E-state index is 14.4. The molecular formula is C20H24F2N2O4. The molecule has 2 aliphatic rings. The van der Waals surface area contributed by atoms with E-state index in [1.807, 2.05) is 12.1 Å². The van der Waals surface area contributed by atoms with Gasteiger partial charge in [-0.1, -0.05) is 18.2 Å². The van der Waals surface area contributed by atoms with E-state index >= 15 is 0 Å². The second kappa shape index (κ2) is 8.24. The summed E-state index contributed by atoms with van der Waals surface area (Å²) >= 11 is 0. The highest BCUT2D eigenvalue weighted by Crippen LogP contribution is 2.35. The van der Waals surface area contributed by atoms with Crippen molar-refractivity contribution in [3.8, 4) is 0 Å². The molecule has 0 unspecified atom stereocenters. The van der Waals surface area contributed by atoms with Crippen LogP contribution < -0.4 is 10.2 Å². The number of aliphatic carboxylic acids is 1. The number of halogens is 2. The van der Waals surface area contributed by atoms with Crippen LogP contribution in [0.15, 0.2) is 24.3 Å². The van der Waals surface area contributed by atoms with Crippen LogP contribution in [0, 0.1) is 5.92 Å². The van der Waals surface area contributed by atoms with Gasteiger partial charge >= 0.3 is 5.97 Å². The van der Waals surface area contributed by atoms with E-state index in [0.29, 0.717) is 18.5 Å². The number of nitrogens with zero attached hydrogens (tertiary/aromatic N) is 1. The Kier molecular flexibility index (Phi) is 5.96. The fourth-order valence-electron chi connectivity index (χ4n) is 3.93. The van der Waals surface area contributed by atoms with E-state index in [4.69, 9.17) is 5.11 Å². The Bertz CT molecular complexity index is 768. The molecule has 1 saturated carbocycles. The van der Waals surface area contributed by atoms with Gasteiger partial charge < -0.3 is 15.3 Å². The van der Waals surface area contributed by atoms with Gasteiger partial charge in [0.15, 0.2) is 0 Å². The summed E-state index contributed by atoms with van der Waals surface area (Å²) < 4.78 is 28.8. The molecule has 0 aromatic heterocycles. The number of hydrogen-bond donors (Lipinski definition) is 2. The summed E-state index contributed by atoms with van der Waals surface area (Å²) in [5, 5.41) is 11.4. The second-order valence-corrected chi connectivity index (χ2v) is 7.49. The van der Waals surface area contributed by atoms with Crippen LogP contribution in [0.4, 0.5) is 14.5 Å². The van der Waals surface area contributed by atoms with Gasteiger partial charge in [0.1, 0.15) is 6.54 Å². The minimum absolute atomic E-state index is 0.0847. The normalized spacial score (nSPS) is 24.6. The largest absolute Gasteiger partial charge is 0.481 e. The highest BCUT2D eigenvalue weighted by Gasteiger charge is 2.44. The molecule has 2 amide bonds. The third-order valence-electron chi connectivity index (χ3n) is 5.55. The highest BCUT2D eigenvalue weighted by molar-refractivity contribution is 5.99. The van der Waals surface area contributed by atoms with E-state index in [2.05, 4.69) is 5.32 Å². The van der Waals surface area contributed by atoms with Crippen LogP contribution in [0.1, 0.15) is 44.1 Å². The lowest BCUT2D eigenvalue weighted by Gasteiger charge is -2.28. The zero-order valence-corrected chi connectivity index (χ0v) is 15.5. The molecule has 2 N–H and O–H groups in total. The number of carbonyl (C=O) groups excluding carboxylic acids is 2. The van der Waals surface area contributed by atoms with Gasteiger partial charge in [-0.2, -0.15) is 0 Å². The zero-order chi connectivity index (χ0) is 20.3. The smallest absolute Gasteiger partial charge is 0.306 e. The Balaban J connectivity index is 1.71. The van der Waals surface area contributed by atoms with Gasteiger partial charge in [0, 0.05) is 18.5 Å². The maximum Gasteiger partial charge on any atom is 0.306 e. The summed E-state index contributed by atoms with van der Waals surface area (Å²) in [5.74, 6) is -5.97. The molecule has 1 aromatic carbocycles. The predicted molar refractivity (Wildman–Crippen MR) is 98.2 cm³/mol. The maximum atomic E-state index is 14.4. The number of carboxylic acids is 1. The van der Waals surface area contributed by atoms with Gasteiger partial charge in [-0.3, -0.25) is 14.4 Å². The number of amides is 2. The number of carbonyl (C=O) groups is 3. The number of fused-ring (bicyclic) bond motifs is 1. The Morgan fingerprint density at radius 3 is 2.68 bits per heavy atom. The fraction of sp³-hybridized carbons (Fsp3) is 0.550. The van der Waals surface area contributed by atoms with Crippen LogP contribution in [0.5, 0.6) is 0 Å². The van der Waals surface area contributed by atoms with E-state index in [0.717, 1.165) is 12.0 Å². The lowest BCUT2D eigenvalue weighted by molar-refractivity contribution is -0.142. The molecule has 0 radical (unpaired) electrons. The van der Waals surface area contributed by atoms with Gasteiger partial charge in [-0.05, 0) is 43.7 Å². The highest BCUT2D eigenvalue weighted by atomic mass is 19.3. The lowest BCUT2D eigenvalue weighted by Crippen LogP contribution is -2.50. The monoisotopic (exact) mass is 394 g/mol. The van der Waals surface area contributed by atoms with Gasteiger partial charge in [0.25, 0.3) is 5.92 Å². The predicted octanol–water partition coefficient (Wildman–Crippen LogP) is 2.75. The molecule has 0 saturated heterocycles. The van der Waals surface area contributed by atoms with Crippen molar-refractivity contribution < 1.29 is 28.3 Å². The molecule has 1 heterocycles. The van der Waals surface area contributed by atoms with Crippen LogP contribution >= 0.6 is 0 Å². The minimum Gasteiger partial charge on any atom is -0.481 e. The average molecular weight is 394 g/mol. The van der Waals surface area contributed by atoms with Crippen LogP contribution in [0.25, 0.3) is 0 Å². The quantitative estimate of drug-likeness (QED) is 0.769. The van der Waals surface area contributed by atoms with Crippen molar-refractivity contribution in [3.05, 3.63) is 29.8 Å². The first kappa shape index (κ1) is 20.2. The minimum atomic E-state index is -3.18. The third kappa shape index (κ3) is 4.48. The number of para-hydroxylation sites is 1. The molecular weight excluding hydrogens is 370 g/mol. The van der Waals surface area contributed by atoms with Crippen LogP contribution in [-0.2, 0) is 20.8 Å². The van der Waals surface area contributed by atoms with E-state index < -0.39 is 36.2 Å². The molecule has 8 heteroatoms. The summed E-state index contributed by atoms with van der Waals surface area (Å²) in [6.45, 7) is -0.329. The number of benzene rings is 1. The van der Waals surface area contributed by atoms with Crippen molar-refractivity contribution in [2.45, 2.75) is 56.9 Å². The molecule has 1 fully saturated rings. The van der Waals surface area contributed by atoms with Crippen molar-refractivity contribution in [3.63, 3.8) is 0 Å². The Hall–Kier alpha value is -2.51. The number of anilines is 1. The number of hydrogen-bond acceptors (Lipinski definition) is 3. The van der Waals surface area contributed by atoms with Crippen LogP contribution in [0.2, 0.25) is 0 Å². The Morgan fingerprint density at radius 1 is 1.18 bits per heavy atom. The van der Waals surface area contributed by atoms with Crippen molar-refractivity contribution in [1.29, 1.82) is 0 Å².